The molecule has 0 radical (unpaired) electrons. The van der Waals surface area contributed by atoms with E-state index in [2.05, 4.69) is 17.4 Å². The Morgan fingerprint density at radius 2 is 2.15 bits per heavy atom. The standard InChI is InChI=1S/C15H22N2O2.ClH/c1-2-17(10-8-13-6-4-3-5-7-13)15(18)14-12-19-11-9-16-14;/h3-7,14,16H,2,8-12H2,1H3;1H. The van der Waals surface area contributed by atoms with E-state index in [4.69, 9.17) is 4.74 Å². The van der Waals surface area contributed by atoms with Gasteiger partial charge in [0.25, 0.3) is 0 Å². The summed E-state index contributed by atoms with van der Waals surface area (Å²) >= 11 is 0. The zero-order valence-electron chi connectivity index (χ0n) is 11.9. The quantitative estimate of drug-likeness (QED) is 0.895. The molecule has 0 bridgehead atoms. The SMILES string of the molecule is CCN(CCc1ccccc1)C(=O)C1COCCN1.Cl. The first-order valence-corrected chi connectivity index (χ1v) is 6.95. The Bertz CT molecular complexity index is 394. The molecule has 1 aromatic carbocycles. The number of carbonyl (C=O) groups is 1. The number of halogens is 1. The lowest BCUT2D eigenvalue weighted by atomic mass is 10.1. The molecule has 4 nitrogen and oxygen atoms in total. The number of nitrogens with one attached hydrogen (secondary N) is 1. The van der Waals surface area contributed by atoms with Gasteiger partial charge in [-0.2, -0.15) is 0 Å². The number of carbonyl (C=O) groups excluding carboxylic acids is 1. The third-order valence-electron chi connectivity index (χ3n) is 3.43. The van der Waals surface area contributed by atoms with Gasteiger partial charge in [-0.1, -0.05) is 30.3 Å². The van der Waals surface area contributed by atoms with E-state index in [-0.39, 0.29) is 24.4 Å². The van der Waals surface area contributed by atoms with Crippen LogP contribution in [-0.2, 0) is 16.0 Å². The predicted octanol–water partition coefficient (Wildman–Crippen LogP) is 1.49. The zero-order valence-corrected chi connectivity index (χ0v) is 12.7. The van der Waals surface area contributed by atoms with Crippen LogP contribution in [0.4, 0.5) is 0 Å². The largest absolute Gasteiger partial charge is 0.378 e. The first-order chi connectivity index (χ1) is 9.31. The van der Waals surface area contributed by atoms with Gasteiger partial charge in [-0.25, -0.2) is 0 Å². The van der Waals surface area contributed by atoms with Crippen LogP contribution >= 0.6 is 12.4 Å². The second-order valence-corrected chi connectivity index (χ2v) is 4.74. The topological polar surface area (TPSA) is 41.6 Å². The van der Waals surface area contributed by atoms with Gasteiger partial charge in [-0.15, -0.1) is 12.4 Å². The maximum absolute atomic E-state index is 12.3. The van der Waals surface area contributed by atoms with Crippen molar-refractivity contribution >= 4 is 18.3 Å². The van der Waals surface area contributed by atoms with Gasteiger partial charge in [-0.3, -0.25) is 4.79 Å². The molecule has 1 aliphatic rings. The Hall–Kier alpha value is -1.10. The van der Waals surface area contributed by atoms with Crippen molar-refractivity contribution in [3.05, 3.63) is 35.9 Å². The van der Waals surface area contributed by atoms with E-state index in [1.807, 2.05) is 30.0 Å². The van der Waals surface area contributed by atoms with E-state index in [1.54, 1.807) is 0 Å². The number of amides is 1. The van der Waals surface area contributed by atoms with Crippen LogP contribution in [0.3, 0.4) is 0 Å². The maximum Gasteiger partial charge on any atom is 0.242 e. The number of morpholine rings is 1. The van der Waals surface area contributed by atoms with Crippen molar-refractivity contribution in [2.45, 2.75) is 19.4 Å². The third-order valence-corrected chi connectivity index (χ3v) is 3.43. The summed E-state index contributed by atoms with van der Waals surface area (Å²) in [6, 6.07) is 10.1. The van der Waals surface area contributed by atoms with Gasteiger partial charge in [0, 0.05) is 19.6 Å². The molecule has 112 valence electrons. The number of hydrogen-bond donors (Lipinski definition) is 1. The monoisotopic (exact) mass is 298 g/mol. The van der Waals surface area contributed by atoms with E-state index >= 15 is 0 Å². The van der Waals surface area contributed by atoms with E-state index in [1.165, 1.54) is 5.56 Å². The van der Waals surface area contributed by atoms with Crippen LogP contribution in [0, 0.1) is 0 Å². The highest BCUT2D eigenvalue weighted by atomic mass is 35.5. The molecule has 0 spiro atoms. The summed E-state index contributed by atoms with van der Waals surface area (Å²) in [7, 11) is 0. The van der Waals surface area contributed by atoms with E-state index in [0.717, 1.165) is 26.1 Å². The number of likely N-dealkylation sites (N-methyl/N-ethyl adjacent to an activating group) is 1. The van der Waals surface area contributed by atoms with Crippen molar-refractivity contribution in [1.82, 2.24) is 10.2 Å². The highest BCUT2D eigenvalue weighted by Gasteiger charge is 2.25. The van der Waals surface area contributed by atoms with E-state index < -0.39 is 0 Å². The average Bonchev–Trinajstić information content (AvgIpc) is 2.49. The van der Waals surface area contributed by atoms with Gasteiger partial charge in [0.15, 0.2) is 0 Å². The van der Waals surface area contributed by atoms with E-state index in [9.17, 15) is 4.79 Å². The zero-order chi connectivity index (χ0) is 13.5. The minimum atomic E-state index is -0.176. The molecule has 5 heteroatoms. The maximum atomic E-state index is 12.3. The lowest BCUT2D eigenvalue weighted by Crippen LogP contribution is -2.52. The molecule has 1 heterocycles. The fourth-order valence-electron chi connectivity index (χ4n) is 2.28. The van der Waals surface area contributed by atoms with Crippen molar-refractivity contribution in [2.24, 2.45) is 0 Å². The summed E-state index contributed by atoms with van der Waals surface area (Å²) in [6.07, 6.45) is 0.897. The molecule has 1 atom stereocenters. The van der Waals surface area contributed by atoms with Crippen LogP contribution in [0.5, 0.6) is 0 Å². The van der Waals surface area contributed by atoms with Gasteiger partial charge in [0.2, 0.25) is 5.91 Å². The van der Waals surface area contributed by atoms with Crippen molar-refractivity contribution in [3.8, 4) is 0 Å². The average molecular weight is 299 g/mol. The molecule has 0 aliphatic carbocycles. The summed E-state index contributed by atoms with van der Waals surface area (Å²) in [5.74, 6) is 0.151. The van der Waals surface area contributed by atoms with Gasteiger partial charge in [0.05, 0.1) is 13.2 Å². The highest BCUT2D eigenvalue weighted by Crippen LogP contribution is 2.04. The Kier molecular flexibility index (Phi) is 7.59. The van der Waals surface area contributed by atoms with Gasteiger partial charge in [-0.05, 0) is 18.9 Å². The van der Waals surface area contributed by atoms with Crippen LogP contribution in [0.25, 0.3) is 0 Å². The third kappa shape index (κ3) is 4.78. The minimum absolute atomic E-state index is 0. The molecule has 1 fully saturated rings. The normalized spacial score (nSPS) is 18.1. The first kappa shape index (κ1) is 17.0. The number of benzene rings is 1. The summed E-state index contributed by atoms with van der Waals surface area (Å²) in [5.41, 5.74) is 1.27. The molecule has 2 rings (SSSR count). The Morgan fingerprint density at radius 3 is 2.75 bits per heavy atom. The molecule has 1 N–H and O–H groups in total. The van der Waals surface area contributed by atoms with Crippen molar-refractivity contribution < 1.29 is 9.53 Å². The Labute approximate surface area is 126 Å². The highest BCUT2D eigenvalue weighted by molar-refractivity contribution is 5.85. The molecule has 20 heavy (non-hydrogen) atoms. The first-order valence-electron chi connectivity index (χ1n) is 6.95. The van der Waals surface area contributed by atoms with Gasteiger partial charge >= 0.3 is 0 Å². The van der Waals surface area contributed by atoms with Crippen LogP contribution in [0.1, 0.15) is 12.5 Å². The molecule has 1 aromatic rings. The smallest absolute Gasteiger partial charge is 0.242 e. The number of nitrogens with zero attached hydrogens (tertiary/aromatic N) is 1. The van der Waals surface area contributed by atoms with Crippen LogP contribution in [0.15, 0.2) is 30.3 Å². The molecule has 0 aromatic heterocycles. The molecule has 0 saturated carbocycles. The fourth-order valence-corrected chi connectivity index (χ4v) is 2.28. The second kappa shape index (κ2) is 8.95. The molecule has 1 saturated heterocycles. The number of rotatable bonds is 5. The summed E-state index contributed by atoms with van der Waals surface area (Å²) in [4.78, 5) is 14.2. The van der Waals surface area contributed by atoms with Gasteiger partial charge in [0.1, 0.15) is 6.04 Å². The number of ether oxygens (including phenoxy) is 1. The predicted molar refractivity (Wildman–Crippen MR) is 82.3 cm³/mol. The van der Waals surface area contributed by atoms with Crippen molar-refractivity contribution in [3.63, 3.8) is 0 Å². The van der Waals surface area contributed by atoms with Crippen molar-refractivity contribution in [1.29, 1.82) is 0 Å². The molecule has 1 aliphatic heterocycles. The molecular formula is C15H23ClN2O2. The molecular weight excluding hydrogens is 276 g/mol. The fraction of sp³-hybridized carbons (Fsp3) is 0.533. The lowest BCUT2D eigenvalue weighted by molar-refractivity contribution is -0.136. The molecule has 1 unspecified atom stereocenters. The van der Waals surface area contributed by atoms with Crippen LogP contribution in [0.2, 0.25) is 0 Å². The summed E-state index contributed by atoms with van der Waals surface area (Å²) in [6.45, 7) is 5.46. The van der Waals surface area contributed by atoms with Crippen LogP contribution < -0.4 is 5.32 Å². The number of hydrogen-bond acceptors (Lipinski definition) is 3. The second-order valence-electron chi connectivity index (χ2n) is 4.74. The van der Waals surface area contributed by atoms with Crippen molar-refractivity contribution in [2.75, 3.05) is 32.8 Å². The molecule has 1 amide bonds. The lowest BCUT2D eigenvalue weighted by Gasteiger charge is -2.29. The van der Waals surface area contributed by atoms with Crippen LogP contribution in [-0.4, -0.2) is 49.7 Å². The van der Waals surface area contributed by atoms with E-state index in [0.29, 0.717) is 13.2 Å². The minimum Gasteiger partial charge on any atom is -0.378 e. The van der Waals surface area contributed by atoms with Gasteiger partial charge < -0.3 is 15.0 Å². The summed E-state index contributed by atoms with van der Waals surface area (Å²) in [5, 5.41) is 3.22. The Morgan fingerprint density at radius 1 is 1.40 bits per heavy atom. The Balaban J connectivity index is 0.00000200. The summed E-state index contributed by atoms with van der Waals surface area (Å²) < 4.78 is 5.35.